The third kappa shape index (κ3) is 6.13. The second kappa shape index (κ2) is 10.5. The number of nitrogens with one attached hydrogen (secondary N) is 1. The van der Waals surface area contributed by atoms with Crippen LogP contribution in [-0.2, 0) is 11.0 Å². The molecule has 2 heterocycles. The van der Waals surface area contributed by atoms with Crippen LogP contribution in [0.3, 0.4) is 0 Å². The first kappa shape index (κ1) is 22.9. The summed E-state index contributed by atoms with van der Waals surface area (Å²) >= 11 is 1.33. The number of rotatable bonds is 10. The van der Waals surface area contributed by atoms with Crippen molar-refractivity contribution < 1.29 is 22.4 Å². The fourth-order valence-electron chi connectivity index (χ4n) is 2.87. The Balaban J connectivity index is 1.77. The number of carbonyl (C=O) groups is 1. The number of amides is 1. The molecule has 0 bridgehead atoms. The number of nitrogens with zero attached hydrogens (tertiary/aromatic N) is 3. The van der Waals surface area contributed by atoms with Gasteiger partial charge in [0, 0.05) is 18.7 Å². The molecule has 0 unspecified atom stereocenters. The maximum atomic E-state index is 13.2. The standard InChI is InChI=1S/C21H23F3N4O2S/c1-2-3-11-25-18(29)10-6-13-31-20-27-26-19(17-9-5-12-30-17)28(20)16-8-4-7-15(14-16)21(22,23)24/h4-5,7-9,12,14H,2-3,6,10-11,13H2,1H3,(H,25,29). The monoisotopic (exact) mass is 452 g/mol. The van der Waals surface area contributed by atoms with E-state index in [4.69, 9.17) is 4.42 Å². The minimum absolute atomic E-state index is 0.00956. The predicted molar refractivity (Wildman–Crippen MR) is 112 cm³/mol. The van der Waals surface area contributed by atoms with Crippen LogP contribution in [0.15, 0.2) is 52.2 Å². The number of benzene rings is 1. The molecule has 3 rings (SSSR count). The van der Waals surface area contributed by atoms with E-state index < -0.39 is 11.7 Å². The van der Waals surface area contributed by atoms with E-state index in [0.29, 0.717) is 41.9 Å². The molecule has 0 saturated carbocycles. The third-order valence-corrected chi connectivity index (χ3v) is 5.45. The third-order valence-electron chi connectivity index (χ3n) is 4.44. The summed E-state index contributed by atoms with van der Waals surface area (Å²) in [5.41, 5.74) is -0.477. The number of carbonyl (C=O) groups excluding carboxylic acids is 1. The second-order valence-electron chi connectivity index (χ2n) is 6.82. The average Bonchev–Trinajstić information content (AvgIpc) is 3.40. The van der Waals surface area contributed by atoms with Gasteiger partial charge in [0.25, 0.3) is 0 Å². The van der Waals surface area contributed by atoms with Crippen molar-refractivity contribution in [3.8, 4) is 17.3 Å². The van der Waals surface area contributed by atoms with Gasteiger partial charge in [0.15, 0.2) is 10.9 Å². The molecule has 0 fully saturated rings. The Morgan fingerprint density at radius 2 is 2.03 bits per heavy atom. The second-order valence-corrected chi connectivity index (χ2v) is 7.88. The van der Waals surface area contributed by atoms with E-state index in [1.807, 2.05) is 0 Å². The lowest BCUT2D eigenvalue weighted by Gasteiger charge is -2.12. The highest BCUT2D eigenvalue weighted by molar-refractivity contribution is 7.99. The Bertz CT molecular complexity index is 987. The number of hydrogen-bond acceptors (Lipinski definition) is 5. The van der Waals surface area contributed by atoms with Gasteiger partial charge in [0.05, 0.1) is 17.5 Å². The van der Waals surface area contributed by atoms with Crippen molar-refractivity contribution in [2.75, 3.05) is 12.3 Å². The molecule has 10 heteroatoms. The van der Waals surface area contributed by atoms with Crippen molar-refractivity contribution in [2.24, 2.45) is 0 Å². The highest BCUT2D eigenvalue weighted by atomic mass is 32.2. The molecule has 0 aliphatic carbocycles. The van der Waals surface area contributed by atoms with Crippen molar-refractivity contribution in [3.63, 3.8) is 0 Å². The molecule has 0 radical (unpaired) electrons. The molecule has 1 aromatic carbocycles. The van der Waals surface area contributed by atoms with E-state index in [0.717, 1.165) is 25.0 Å². The Labute approximate surface area is 182 Å². The molecule has 0 aliphatic rings. The van der Waals surface area contributed by atoms with Crippen LogP contribution < -0.4 is 5.32 Å². The van der Waals surface area contributed by atoms with Crippen molar-refractivity contribution in [1.82, 2.24) is 20.1 Å². The first-order chi connectivity index (χ1) is 14.9. The SMILES string of the molecule is CCCCNC(=O)CCCSc1nnc(-c2ccco2)n1-c1cccc(C(F)(F)F)c1. The average molecular weight is 453 g/mol. The maximum absolute atomic E-state index is 13.2. The highest BCUT2D eigenvalue weighted by Crippen LogP contribution is 2.33. The summed E-state index contributed by atoms with van der Waals surface area (Å²) in [5, 5.41) is 11.6. The highest BCUT2D eigenvalue weighted by Gasteiger charge is 2.31. The van der Waals surface area contributed by atoms with Gasteiger partial charge in [-0.1, -0.05) is 31.2 Å². The summed E-state index contributed by atoms with van der Waals surface area (Å²) in [6.45, 7) is 2.72. The summed E-state index contributed by atoms with van der Waals surface area (Å²) in [6, 6.07) is 8.33. The van der Waals surface area contributed by atoms with Gasteiger partial charge in [0.2, 0.25) is 11.7 Å². The fraction of sp³-hybridized carbons (Fsp3) is 0.381. The lowest BCUT2D eigenvalue weighted by molar-refractivity contribution is -0.137. The van der Waals surface area contributed by atoms with E-state index in [1.54, 1.807) is 22.8 Å². The van der Waals surface area contributed by atoms with Gasteiger partial charge in [-0.05, 0) is 43.2 Å². The van der Waals surface area contributed by atoms with E-state index in [1.165, 1.54) is 24.1 Å². The fourth-order valence-corrected chi connectivity index (χ4v) is 3.76. The molecule has 6 nitrogen and oxygen atoms in total. The van der Waals surface area contributed by atoms with Gasteiger partial charge in [-0.2, -0.15) is 13.2 Å². The Morgan fingerprint density at radius 3 is 2.74 bits per heavy atom. The minimum atomic E-state index is -4.46. The Kier molecular flexibility index (Phi) is 7.78. The molecular formula is C21H23F3N4O2S. The van der Waals surface area contributed by atoms with E-state index in [9.17, 15) is 18.0 Å². The molecule has 1 N–H and O–H groups in total. The minimum Gasteiger partial charge on any atom is -0.461 e. The maximum Gasteiger partial charge on any atom is 0.416 e. The van der Waals surface area contributed by atoms with Gasteiger partial charge in [-0.25, -0.2) is 0 Å². The van der Waals surface area contributed by atoms with Crippen molar-refractivity contribution in [1.29, 1.82) is 0 Å². The number of unbranched alkanes of at least 4 members (excludes halogenated alkanes) is 1. The molecule has 0 atom stereocenters. The van der Waals surface area contributed by atoms with Gasteiger partial charge in [0.1, 0.15) is 0 Å². The molecule has 2 aromatic heterocycles. The number of aromatic nitrogens is 3. The predicted octanol–water partition coefficient (Wildman–Crippen LogP) is 5.33. The van der Waals surface area contributed by atoms with Crippen LogP contribution in [0.4, 0.5) is 13.2 Å². The lowest BCUT2D eigenvalue weighted by Crippen LogP contribution is -2.24. The van der Waals surface area contributed by atoms with Crippen molar-refractivity contribution >= 4 is 17.7 Å². The molecule has 0 spiro atoms. The van der Waals surface area contributed by atoms with Crippen LogP contribution in [0.5, 0.6) is 0 Å². The summed E-state index contributed by atoms with van der Waals surface area (Å²) in [6.07, 6.45) is -0.0686. The summed E-state index contributed by atoms with van der Waals surface area (Å²) in [5.74, 6) is 1.26. The molecular weight excluding hydrogens is 429 g/mol. The Morgan fingerprint density at radius 1 is 1.19 bits per heavy atom. The van der Waals surface area contributed by atoms with Crippen molar-refractivity contribution in [2.45, 2.75) is 43.9 Å². The van der Waals surface area contributed by atoms with Crippen LogP contribution in [0.1, 0.15) is 38.2 Å². The molecule has 0 saturated heterocycles. The first-order valence-electron chi connectivity index (χ1n) is 9.96. The number of alkyl halides is 3. The van der Waals surface area contributed by atoms with Crippen LogP contribution in [0.25, 0.3) is 17.3 Å². The zero-order valence-corrected chi connectivity index (χ0v) is 17.8. The van der Waals surface area contributed by atoms with Gasteiger partial charge < -0.3 is 9.73 Å². The van der Waals surface area contributed by atoms with E-state index in [-0.39, 0.29) is 11.6 Å². The zero-order chi connectivity index (χ0) is 22.3. The van der Waals surface area contributed by atoms with Gasteiger partial charge in [-0.3, -0.25) is 9.36 Å². The van der Waals surface area contributed by atoms with E-state index >= 15 is 0 Å². The van der Waals surface area contributed by atoms with Crippen LogP contribution in [-0.4, -0.2) is 33.0 Å². The van der Waals surface area contributed by atoms with E-state index in [2.05, 4.69) is 22.4 Å². The van der Waals surface area contributed by atoms with Crippen LogP contribution in [0.2, 0.25) is 0 Å². The normalized spacial score (nSPS) is 11.6. The lowest BCUT2D eigenvalue weighted by atomic mass is 10.2. The largest absolute Gasteiger partial charge is 0.461 e. The van der Waals surface area contributed by atoms with Gasteiger partial charge >= 0.3 is 6.18 Å². The smallest absolute Gasteiger partial charge is 0.416 e. The van der Waals surface area contributed by atoms with Crippen molar-refractivity contribution in [3.05, 3.63) is 48.2 Å². The first-order valence-corrected chi connectivity index (χ1v) is 10.9. The molecule has 0 aliphatic heterocycles. The molecule has 31 heavy (non-hydrogen) atoms. The molecule has 166 valence electrons. The summed E-state index contributed by atoms with van der Waals surface area (Å²) in [7, 11) is 0. The summed E-state index contributed by atoms with van der Waals surface area (Å²) < 4.78 is 46.6. The number of halogens is 3. The number of furan rings is 1. The Hall–Kier alpha value is -2.75. The summed E-state index contributed by atoms with van der Waals surface area (Å²) in [4.78, 5) is 11.8. The number of thioether (sulfide) groups is 1. The molecule has 3 aromatic rings. The zero-order valence-electron chi connectivity index (χ0n) is 17.0. The molecule has 1 amide bonds. The van der Waals surface area contributed by atoms with Crippen LogP contribution in [0, 0.1) is 0 Å². The quantitative estimate of drug-likeness (QED) is 0.332. The number of hydrogen-bond donors (Lipinski definition) is 1. The topological polar surface area (TPSA) is 73.0 Å². The van der Waals surface area contributed by atoms with Crippen LogP contribution >= 0.6 is 11.8 Å². The van der Waals surface area contributed by atoms with Gasteiger partial charge in [-0.15, -0.1) is 10.2 Å².